The number of nitrogens with zero attached hydrogens (tertiary/aromatic N) is 1. The summed E-state index contributed by atoms with van der Waals surface area (Å²) in [5, 5.41) is 0. The van der Waals surface area contributed by atoms with Crippen molar-refractivity contribution in [3.63, 3.8) is 0 Å². The van der Waals surface area contributed by atoms with E-state index < -0.39 is 5.82 Å². The van der Waals surface area contributed by atoms with Gasteiger partial charge in [-0.3, -0.25) is 0 Å². The van der Waals surface area contributed by atoms with E-state index in [-0.39, 0.29) is 12.2 Å². The highest BCUT2D eigenvalue weighted by Crippen LogP contribution is 2.15. The van der Waals surface area contributed by atoms with Crippen LogP contribution in [0, 0.1) is 5.82 Å². The number of aliphatic imine (C=N–C) groups is 1. The molecule has 0 aliphatic carbocycles. The molecule has 62 valence electrons. The summed E-state index contributed by atoms with van der Waals surface area (Å²) in [6.45, 7) is 0.221. The second kappa shape index (κ2) is 3.76. The maximum Gasteiger partial charge on any atom is 0.240 e. The van der Waals surface area contributed by atoms with Crippen molar-refractivity contribution >= 4 is 11.8 Å². The predicted octanol–water partition coefficient (Wildman–Crippen LogP) is 1.25. The minimum Gasteiger partial charge on any atom is -0.326 e. The first kappa shape index (κ1) is 8.59. The van der Waals surface area contributed by atoms with E-state index in [9.17, 15) is 9.18 Å². The maximum absolute atomic E-state index is 12.7. The van der Waals surface area contributed by atoms with Gasteiger partial charge >= 0.3 is 0 Å². The van der Waals surface area contributed by atoms with Crippen molar-refractivity contribution < 1.29 is 9.18 Å². The Morgan fingerprint density at radius 2 is 2.25 bits per heavy atom. The van der Waals surface area contributed by atoms with Gasteiger partial charge in [0.1, 0.15) is 5.82 Å². The van der Waals surface area contributed by atoms with Gasteiger partial charge < -0.3 is 5.73 Å². The topological polar surface area (TPSA) is 55.4 Å². The number of hydrogen-bond acceptors (Lipinski definition) is 3. The van der Waals surface area contributed by atoms with Crippen molar-refractivity contribution in [1.29, 1.82) is 0 Å². The number of hydrogen-bond donors (Lipinski definition) is 1. The maximum atomic E-state index is 12.7. The molecule has 1 aromatic rings. The lowest BCUT2D eigenvalue weighted by Crippen LogP contribution is -1.96. The Hall–Kier alpha value is -1.51. The van der Waals surface area contributed by atoms with Crippen LogP contribution in [0.2, 0.25) is 0 Å². The van der Waals surface area contributed by atoms with Crippen molar-refractivity contribution in [2.24, 2.45) is 10.7 Å². The van der Waals surface area contributed by atoms with E-state index in [4.69, 9.17) is 5.73 Å². The molecule has 4 heteroatoms. The molecule has 0 amide bonds. The molecule has 0 aliphatic rings. The predicted molar refractivity (Wildman–Crippen MR) is 42.1 cm³/mol. The van der Waals surface area contributed by atoms with Crippen molar-refractivity contribution in [1.82, 2.24) is 0 Å². The molecule has 0 saturated heterocycles. The van der Waals surface area contributed by atoms with Gasteiger partial charge in [0.2, 0.25) is 6.08 Å². The molecule has 0 heterocycles. The highest BCUT2D eigenvalue weighted by Gasteiger charge is 1.97. The van der Waals surface area contributed by atoms with Crippen LogP contribution in [0.4, 0.5) is 10.1 Å². The van der Waals surface area contributed by atoms with Gasteiger partial charge in [0.15, 0.2) is 0 Å². The van der Waals surface area contributed by atoms with Gasteiger partial charge in [-0.2, -0.15) is 4.99 Å². The fraction of sp³-hybridized carbons (Fsp3) is 0.125. The Bertz CT molecular complexity index is 332. The SMILES string of the molecule is NCc1cc(F)cc(N=C=O)c1. The number of benzene rings is 1. The molecular weight excluding hydrogens is 159 g/mol. The summed E-state index contributed by atoms with van der Waals surface area (Å²) < 4.78 is 12.7. The number of isocyanates is 1. The summed E-state index contributed by atoms with van der Waals surface area (Å²) in [7, 11) is 0. The zero-order chi connectivity index (χ0) is 8.97. The molecule has 0 saturated carbocycles. The second-order valence-corrected chi connectivity index (χ2v) is 2.22. The van der Waals surface area contributed by atoms with Crippen LogP contribution in [0.25, 0.3) is 0 Å². The first-order chi connectivity index (χ1) is 5.76. The number of carbonyl (C=O) groups excluding carboxylic acids is 1. The third kappa shape index (κ3) is 1.99. The van der Waals surface area contributed by atoms with Crippen LogP contribution in [0.15, 0.2) is 23.2 Å². The van der Waals surface area contributed by atoms with Gasteiger partial charge in [0.25, 0.3) is 0 Å². The summed E-state index contributed by atoms with van der Waals surface area (Å²) in [5.41, 5.74) is 6.12. The van der Waals surface area contributed by atoms with Crippen molar-refractivity contribution in [2.45, 2.75) is 6.54 Å². The number of nitrogens with two attached hydrogens (primary N) is 1. The lowest BCUT2D eigenvalue weighted by atomic mass is 10.2. The summed E-state index contributed by atoms with van der Waals surface area (Å²) >= 11 is 0. The zero-order valence-corrected chi connectivity index (χ0v) is 6.25. The fourth-order valence-electron chi connectivity index (χ4n) is 0.868. The highest BCUT2D eigenvalue weighted by molar-refractivity contribution is 5.50. The summed E-state index contributed by atoms with van der Waals surface area (Å²) in [4.78, 5) is 13.1. The Labute approximate surface area is 68.7 Å². The van der Waals surface area contributed by atoms with E-state index in [1.807, 2.05) is 0 Å². The zero-order valence-electron chi connectivity index (χ0n) is 6.25. The molecule has 0 atom stereocenters. The Kier molecular flexibility index (Phi) is 2.69. The lowest BCUT2D eigenvalue weighted by molar-refractivity contribution is 0.565. The summed E-state index contributed by atoms with van der Waals surface area (Å²) in [6.07, 6.45) is 1.33. The Morgan fingerprint density at radius 1 is 1.50 bits per heavy atom. The van der Waals surface area contributed by atoms with Crippen LogP contribution < -0.4 is 5.73 Å². The van der Waals surface area contributed by atoms with Crippen LogP contribution in [-0.2, 0) is 11.3 Å². The van der Waals surface area contributed by atoms with E-state index in [1.165, 1.54) is 18.2 Å². The highest BCUT2D eigenvalue weighted by atomic mass is 19.1. The third-order valence-electron chi connectivity index (χ3n) is 1.35. The fourth-order valence-corrected chi connectivity index (χ4v) is 0.868. The molecule has 0 fully saturated rings. The lowest BCUT2D eigenvalue weighted by Gasteiger charge is -1.97. The number of halogens is 1. The minimum absolute atomic E-state index is 0.221. The second-order valence-electron chi connectivity index (χ2n) is 2.22. The standard InChI is InChI=1S/C8H7FN2O/c9-7-1-6(4-10)2-8(3-7)11-5-12/h1-3H,4,10H2. The van der Waals surface area contributed by atoms with Gasteiger partial charge in [-0.1, -0.05) is 0 Å². The van der Waals surface area contributed by atoms with Crippen LogP contribution in [0.5, 0.6) is 0 Å². The molecule has 1 aromatic carbocycles. The monoisotopic (exact) mass is 166 g/mol. The van der Waals surface area contributed by atoms with Gasteiger partial charge in [0.05, 0.1) is 5.69 Å². The molecule has 2 N–H and O–H groups in total. The number of rotatable bonds is 2. The normalized spacial score (nSPS) is 9.17. The van der Waals surface area contributed by atoms with E-state index in [2.05, 4.69) is 4.99 Å². The summed E-state index contributed by atoms with van der Waals surface area (Å²) in [5.74, 6) is -0.452. The smallest absolute Gasteiger partial charge is 0.240 e. The molecule has 0 aromatic heterocycles. The summed E-state index contributed by atoms with van der Waals surface area (Å²) in [6, 6.07) is 3.97. The quantitative estimate of drug-likeness (QED) is 0.531. The Morgan fingerprint density at radius 3 is 2.83 bits per heavy atom. The van der Waals surface area contributed by atoms with Crippen molar-refractivity contribution in [2.75, 3.05) is 0 Å². The Balaban J connectivity index is 3.14. The van der Waals surface area contributed by atoms with E-state index in [0.717, 1.165) is 6.07 Å². The van der Waals surface area contributed by atoms with Gasteiger partial charge in [0, 0.05) is 12.6 Å². The van der Waals surface area contributed by atoms with Crippen LogP contribution in [-0.4, -0.2) is 6.08 Å². The van der Waals surface area contributed by atoms with E-state index >= 15 is 0 Å². The first-order valence-corrected chi connectivity index (χ1v) is 3.33. The van der Waals surface area contributed by atoms with Gasteiger partial charge in [-0.15, -0.1) is 0 Å². The molecule has 0 unspecified atom stereocenters. The average Bonchev–Trinajstić information content (AvgIpc) is 2.04. The molecule has 0 bridgehead atoms. The molecule has 3 nitrogen and oxygen atoms in total. The molecule has 0 aliphatic heterocycles. The molecule has 12 heavy (non-hydrogen) atoms. The minimum atomic E-state index is -0.452. The molecular formula is C8H7FN2O. The van der Waals surface area contributed by atoms with E-state index in [0.29, 0.717) is 5.56 Å². The third-order valence-corrected chi connectivity index (χ3v) is 1.35. The molecule has 1 rings (SSSR count). The molecule has 0 radical (unpaired) electrons. The molecule has 0 spiro atoms. The van der Waals surface area contributed by atoms with E-state index in [1.54, 1.807) is 0 Å². The van der Waals surface area contributed by atoms with Crippen LogP contribution in [0.1, 0.15) is 5.56 Å². The van der Waals surface area contributed by atoms with Gasteiger partial charge in [-0.25, -0.2) is 9.18 Å². The van der Waals surface area contributed by atoms with Crippen LogP contribution >= 0.6 is 0 Å². The average molecular weight is 166 g/mol. The first-order valence-electron chi connectivity index (χ1n) is 3.33. The van der Waals surface area contributed by atoms with Crippen molar-refractivity contribution in [3.8, 4) is 0 Å². The van der Waals surface area contributed by atoms with Gasteiger partial charge in [-0.05, 0) is 17.7 Å². The largest absolute Gasteiger partial charge is 0.326 e. The van der Waals surface area contributed by atoms with Crippen molar-refractivity contribution in [3.05, 3.63) is 29.6 Å². The van der Waals surface area contributed by atoms with Crippen LogP contribution in [0.3, 0.4) is 0 Å².